The van der Waals surface area contributed by atoms with E-state index in [1.54, 1.807) is 0 Å². The number of hydrogen-bond donors (Lipinski definition) is 2. The molecule has 0 bridgehead atoms. The Morgan fingerprint density at radius 3 is 2.89 bits per heavy atom. The van der Waals surface area contributed by atoms with Gasteiger partial charge in [-0.2, -0.15) is 0 Å². The molecule has 0 radical (unpaired) electrons. The normalized spacial score (nSPS) is 20.2. The maximum absolute atomic E-state index is 11.1. The SMILES string of the molecule is O=C(O)C1CNCCN1CCOc1ccc(Br)cc1. The molecule has 1 aliphatic rings. The zero-order chi connectivity index (χ0) is 13.7. The highest BCUT2D eigenvalue weighted by molar-refractivity contribution is 9.10. The van der Waals surface area contributed by atoms with Crippen LogP contribution in [0.15, 0.2) is 28.7 Å². The summed E-state index contributed by atoms with van der Waals surface area (Å²) < 4.78 is 6.62. The molecule has 1 aromatic carbocycles. The number of piperazine rings is 1. The lowest BCUT2D eigenvalue weighted by atomic mass is 10.2. The average molecular weight is 329 g/mol. The van der Waals surface area contributed by atoms with E-state index in [0.29, 0.717) is 19.7 Å². The minimum atomic E-state index is -0.782. The largest absolute Gasteiger partial charge is 0.492 e. The number of ether oxygens (including phenoxy) is 1. The van der Waals surface area contributed by atoms with E-state index >= 15 is 0 Å². The van der Waals surface area contributed by atoms with Crippen LogP contribution in [0, 0.1) is 0 Å². The maximum Gasteiger partial charge on any atom is 0.322 e. The van der Waals surface area contributed by atoms with Crippen LogP contribution in [0.3, 0.4) is 0 Å². The molecule has 2 N–H and O–H groups in total. The first-order chi connectivity index (χ1) is 9.16. The van der Waals surface area contributed by atoms with Gasteiger partial charge in [0.05, 0.1) is 0 Å². The molecule has 1 atom stereocenters. The summed E-state index contributed by atoms with van der Waals surface area (Å²) in [6.45, 7) is 3.16. The molecule has 0 amide bonds. The van der Waals surface area contributed by atoms with Gasteiger partial charge in [0.15, 0.2) is 0 Å². The molecule has 1 aliphatic heterocycles. The monoisotopic (exact) mass is 328 g/mol. The van der Waals surface area contributed by atoms with Crippen LogP contribution in [0.5, 0.6) is 5.75 Å². The van der Waals surface area contributed by atoms with E-state index in [1.807, 2.05) is 29.2 Å². The molecule has 1 saturated heterocycles. The topological polar surface area (TPSA) is 61.8 Å². The van der Waals surface area contributed by atoms with Crippen LogP contribution >= 0.6 is 15.9 Å². The summed E-state index contributed by atoms with van der Waals surface area (Å²) >= 11 is 3.36. The molecule has 0 aromatic heterocycles. The summed E-state index contributed by atoms with van der Waals surface area (Å²) in [6, 6.07) is 7.15. The van der Waals surface area contributed by atoms with Gasteiger partial charge >= 0.3 is 5.97 Å². The fraction of sp³-hybridized carbons (Fsp3) is 0.462. The molecule has 6 heteroatoms. The van der Waals surface area contributed by atoms with Gasteiger partial charge in [-0.15, -0.1) is 0 Å². The Balaban J connectivity index is 1.80. The maximum atomic E-state index is 11.1. The second-order valence-electron chi connectivity index (χ2n) is 4.40. The van der Waals surface area contributed by atoms with Gasteiger partial charge in [-0.1, -0.05) is 15.9 Å². The third-order valence-corrected chi connectivity index (χ3v) is 3.63. The van der Waals surface area contributed by atoms with Gasteiger partial charge in [0.2, 0.25) is 0 Å². The zero-order valence-electron chi connectivity index (χ0n) is 10.5. The van der Waals surface area contributed by atoms with Crippen LogP contribution in [0.4, 0.5) is 0 Å². The molecule has 1 aromatic rings. The fourth-order valence-corrected chi connectivity index (χ4v) is 2.33. The molecule has 5 nitrogen and oxygen atoms in total. The molecule has 0 saturated carbocycles. The van der Waals surface area contributed by atoms with E-state index in [-0.39, 0.29) is 0 Å². The second kappa shape index (κ2) is 6.88. The number of hydrogen-bond acceptors (Lipinski definition) is 4. The zero-order valence-corrected chi connectivity index (χ0v) is 12.1. The van der Waals surface area contributed by atoms with E-state index in [4.69, 9.17) is 9.84 Å². The summed E-state index contributed by atoms with van der Waals surface area (Å²) in [4.78, 5) is 13.0. The molecule has 19 heavy (non-hydrogen) atoms. The number of nitrogens with one attached hydrogen (secondary N) is 1. The number of halogens is 1. The smallest absolute Gasteiger partial charge is 0.322 e. The van der Waals surface area contributed by atoms with E-state index in [1.165, 1.54) is 0 Å². The lowest BCUT2D eigenvalue weighted by Gasteiger charge is -2.33. The summed E-state index contributed by atoms with van der Waals surface area (Å²) in [5.74, 6) is 0.0149. The van der Waals surface area contributed by atoms with Gasteiger partial charge in [0, 0.05) is 30.7 Å². The van der Waals surface area contributed by atoms with Crippen molar-refractivity contribution in [2.75, 3.05) is 32.8 Å². The van der Waals surface area contributed by atoms with Crippen LogP contribution in [-0.2, 0) is 4.79 Å². The summed E-state index contributed by atoms with van der Waals surface area (Å²) in [6.07, 6.45) is 0. The van der Waals surface area contributed by atoms with E-state index in [0.717, 1.165) is 23.3 Å². The van der Waals surface area contributed by atoms with Crippen molar-refractivity contribution in [3.8, 4) is 5.75 Å². The minimum absolute atomic E-state index is 0.456. The lowest BCUT2D eigenvalue weighted by Crippen LogP contribution is -2.55. The third kappa shape index (κ3) is 4.19. The molecule has 1 heterocycles. The Kier molecular flexibility index (Phi) is 5.18. The quantitative estimate of drug-likeness (QED) is 0.850. The van der Waals surface area contributed by atoms with Crippen LogP contribution in [0.1, 0.15) is 0 Å². The van der Waals surface area contributed by atoms with Crippen molar-refractivity contribution in [3.05, 3.63) is 28.7 Å². The van der Waals surface area contributed by atoms with Crippen molar-refractivity contribution in [3.63, 3.8) is 0 Å². The fourth-order valence-electron chi connectivity index (χ4n) is 2.07. The van der Waals surface area contributed by atoms with Crippen molar-refractivity contribution >= 4 is 21.9 Å². The van der Waals surface area contributed by atoms with Crippen molar-refractivity contribution in [2.45, 2.75) is 6.04 Å². The third-order valence-electron chi connectivity index (χ3n) is 3.10. The standard InChI is InChI=1S/C13H17BrN2O3/c14-10-1-3-11(4-2-10)19-8-7-16-6-5-15-9-12(16)13(17)18/h1-4,12,15H,5-9H2,(H,17,18). The van der Waals surface area contributed by atoms with Gasteiger partial charge in [-0.3, -0.25) is 9.69 Å². The number of aliphatic carboxylic acids is 1. The first kappa shape index (κ1) is 14.3. The Bertz CT molecular complexity index is 424. The van der Waals surface area contributed by atoms with Crippen LogP contribution in [0.2, 0.25) is 0 Å². The number of carbonyl (C=O) groups is 1. The van der Waals surface area contributed by atoms with Gasteiger partial charge in [-0.05, 0) is 24.3 Å². The highest BCUT2D eigenvalue weighted by Crippen LogP contribution is 2.16. The molecule has 0 spiro atoms. The van der Waals surface area contributed by atoms with Crippen molar-refractivity contribution in [1.82, 2.24) is 10.2 Å². The predicted molar refractivity (Wildman–Crippen MR) is 75.5 cm³/mol. The van der Waals surface area contributed by atoms with E-state index < -0.39 is 12.0 Å². The molecular formula is C13H17BrN2O3. The van der Waals surface area contributed by atoms with Crippen LogP contribution < -0.4 is 10.1 Å². The predicted octanol–water partition coefficient (Wildman–Crippen LogP) is 1.19. The van der Waals surface area contributed by atoms with Crippen molar-refractivity contribution < 1.29 is 14.6 Å². The molecule has 2 rings (SSSR count). The lowest BCUT2D eigenvalue weighted by molar-refractivity contribution is -0.144. The molecule has 104 valence electrons. The first-order valence-corrected chi connectivity index (χ1v) is 7.02. The van der Waals surface area contributed by atoms with Crippen LogP contribution in [-0.4, -0.2) is 54.8 Å². The summed E-state index contributed by atoms with van der Waals surface area (Å²) in [7, 11) is 0. The van der Waals surface area contributed by atoms with Gasteiger partial charge in [0.1, 0.15) is 18.4 Å². The summed E-state index contributed by atoms with van der Waals surface area (Å²) in [5.41, 5.74) is 0. The van der Waals surface area contributed by atoms with E-state index in [9.17, 15) is 4.79 Å². The number of carboxylic acids is 1. The van der Waals surface area contributed by atoms with Crippen molar-refractivity contribution in [2.24, 2.45) is 0 Å². The Labute approximate surface area is 120 Å². The number of rotatable bonds is 5. The minimum Gasteiger partial charge on any atom is -0.492 e. The highest BCUT2D eigenvalue weighted by atomic mass is 79.9. The molecular weight excluding hydrogens is 312 g/mol. The van der Waals surface area contributed by atoms with E-state index in [2.05, 4.69) is 21.2 Å². The summed E-state index contributed by atoms with van der Waals surface area (Å²) in [5, 5.41) is 12.2. The Morgan fingerprint density at radius 2 is 2.21 bits per heavy atom. The molecule has 1 unspecified atom stereocenters. The van der Waals surface area contributed by atoms with Gasteiger partial charge < -0.3 is 15.2 Å². The average Bonchev–Trinajstić information content (AvgIpc) is 2.41. The van der Waals surface area contributed by atoms with Crippen molar-refractivity contribution in [1.29, 1.82) is 0 Å². The Hall–Kier alpha value is -1.11. The number of carboxylic acid groups (broad SMARTS) is 1. The molecule has 0 aliphatic carbocycles. The van der Waals surface area contributed by atoms with Gasteiger partial charge in [0.25, 0.3) is 0 Å². The first-order valence-electron chi connectivity index (χ1n) is 6.23. The second-order valence-corrected chi connectivity index (χ2v) is 5.31. The van der Waals surface area contributed by atoms with Crippen LogP contribution in [0.25, 0.3) is 0 Å². The number of nitrogens with zero attached hydrogens (tertiary/aromatic N) is 1. The molecule has 1 fully saturated rings. The highest BCUT2D eigenvalue weighted by Gasteiger charge is 2.27. The number of benzene rings is 1. The van der Waals surface area contributed by atoms with Gasteiger partial charge in [-0.25, -0.2) is 0 Å². The Morgan fingerprint density at radius 1 is 1.47 bits per heavy atom.